The lowest BCUT2D eigenvalue weighted by molar-refractivity contribution is -0.137. The summed E-state index contributed by atoms with van der Waals surface area (Å²) in [7, 11) is 0. The maximum atomic E-state index is 15.2. The van der Waals surface area contributed by atoms with E-state index in [1.807, 2.05) is 67.6 Å². The van der Waals surface area contributed by atoms with E-state index >= 15 is 13.2 Å². The number of rotatable bonds is 4. The summed E-state index contributed by atoms with van der Waals surface area (Å²) in [4.78, 5) is 3.85. The number of hydrogen-bond donors (Lipinski definition) is 0. The summed E-state index contributed by atoms with van der Waals surface area (Å²) in [5, 5.41) is 14.2. The summed E-state index contributed by atoms with van der Waals surface area (Å²) in [5.74, 6) is 0. The van der Waals surface area contributed by atoms with E-state index in [9.17, 15) is 5.26 Å². The number of benzene rings is 7. The summed E-state index contributed by atoms with van der Waals surface area (Å²) in [6.45, 7) is 16.9. The Kier molecular flexibility index (Phi) is 8.12. The van der Waals surface area contributed by atoms with E-state index in [0.717, 1.165) is 71.6 Å². The number of hydrogen-bond acceptors (Lipinski definition) is 1. The molecule has 0 spiro atoms. The van der Waals surface area contributed by atoms with Gasteiger partial charge in [-0.15, -0.1) is 0 Å². The van der Waals surface area contributed by atoms with Gasteiger partial charge >= 0.3 is 6.18 Å². The zero-order valence-corrected chi connectivity index (χ0v) is 32.0. The van der Waals surface area contributed by atoms with Gasteiger partial charge in [0.25, 0.3) is 0 Å². The van der Waals surface area contributed by atoms with Gasteiger partial charge in [-0.1, -0.05) is 84.9 Å². The monoisotopic (exact) mass is 748 g/mol. The van der Waals surface area contributed by atoms with Gasteiger partial charge in [-0.2, -0.15) is 18.4 Å². The van der Waals surface area contributed by atoms with Crippen LogP contribution in [0, 0.1) is 52.5 Å². The quantitative estimate of drug-likeness (QED) is 0.165. The van der Waals surface area contributed by atoms with Crippen LogP contribution in [0.5, 0.6) is 0 Å². The molecule has 0 N–H and O–H groups in total. The Labute approximate surface area is 328 Å². The number of fused-ring (bicyclic) bond motifs is 6. The van der Waals surface area contributed by atoms with Crippen molar-refractivity contribution >= 4 is 49.3 Å². The van der Waals surface area contributed by atoms with Gasteiger partial charge in [0.2, 0.25) is 0 Å². The smallest absolute Gasteiger partial charge is 0.310 e. The molecule has 2 aromatic heterocycles. The van der Waals surface area contributed by atoms with Crippen molar-refractivity contribution in [1.82, 2.24) is 9.13 Å². The van der Waals surface area contributed by atoms with E-state index in [4.69, 9.17) is 6.57 Å². The van der Waals surface area contributed by atoms with E-state index < -0.39 is 11.7 Å². The lowest BCUT2D eigenvalue weighted by Crippen LogP contribution is -2.14. The van der Waals surface area contributed by atoms with Gasteiger partial charge in [0.15, 0.2) is 5.69 Å². The first-order valence-corrected chi connectivity index (χ1v) is 18.7. The van der Waals surface area contributed by atoms with Crippen molar-refractivity contribution in [2.75, 3.05) is 0 Å². The molecule has 9 aromatic rings. The highest BCUT2D eigenvalue weighted by Gasteiger charge is 2.38. The molecule has 0 unspecified atom stereocenters. The highest BCUT2D eigenvalue weighted by atomic mass is 19.4. The third-order valence-electron chi connectivity index (χ3n) is 11.5. The fourth-order valence-electron chi connectivity index (χ4n) is 8.82. The molecule has 276 valence electrons. The zero-order chi connectivity index (χ0) is 39.9. The Morgan fingerprint density at radius 2 is 1.07 bits per heavy atom. The standard InChI is InChI=1S/C50H35F3N4/c1-28-15-19-37-35-11-7-9-13-42(35)56(44(37)23-28)46-25-33(48-31(4)30(3)41(27-54)32(5)49(48)50(51,52)53)17-21-39(46)40-22-18-34(55-6)26-47(40)57-43-14-10-8-12-36(43)38-20-16-29(2)24-45(38)57/h7-26H,1-5H3. The maximum Gasteiger partial charge on any atom is 0.417 e. The second-order valence-corrected chi connectivity index (χ2v) is 14.9. The molecule has 57 heavy (non-hydrogen) atoms. The number of aryl methyl sites for hydroxylation is 2. The minimum absolute atomic E-state index is 0.0456. The number of nitriles is 1. The van der Waals surface area contributed by atoms with Crippen molar-refractivity contribution in [3.05, 3.63) is 172 Å². The van der Waals surface area contributed by atoms with E-state index in [-0.39, 0.29) is 16.7 Å². The molecular formula is C50H35F3N4. The molecule has 0 bridgehead atoms. The molecule has 0 saturated carbocycles. The molecule has 0 atom stereocenters. The van der Waals surface area contributed by atoms with Crippen LogP contribution in [0.2, 0.25) is 0 Å². The molecule has 7 heteroatoms. The summed E-state index contributed by atoms with van der Waals surface area (Å²) in [6.07, 6.45) is -4.72. The van der Waals surface area contributed by atoms with Gasteiger partial charge in [-0.25, -0.2) is 4.85 Å². The molecule has 4 nitrogen and oxygen atoms in total. The van der Waals surface area contributed by atoms with Crippen LogP contribution < -0.4 is 0 Å². The van der Waals surface area contributed by atoms with Gasteiger partial charge in [-0.3, -0.25) is 0 Å². The third-order valence-corrected chi connectivity index (χ3v) is 11.5. The predicted molar refractivity (Wildman–Crippen MR) is 226 cm³/mol. The van der Waals surface area contributed by atoms with Crippen LogP contribution >= 0.6 is 0 Å². The number of halogens is 3. The first-order valence-electron chi connectivity index (χ1n) is 18.7. The van der Waals surface area contributed by atoms with E-state index in [1.165, 1.54) is 6.92 Å². The Morgan fingerprint density at radius 3 is 1.60 bits per heavy atom. The first-order chi connectivity index (χ1) is 27.4. The molecule has 0 fully saturated rings. The van der Waals surface area contributed by atoms with Gasteiger partial charge < -0.3 is 9.13 Å². The highest BCUT2D eigenvalue weighted by molar-refractivity contribution is 6.12. The summed E-state index contributed by atoms with van der Waals surface area (Å²) in [6, 6.07) is 42.2. The second kappa shape index (κ2) is 13.0. The van der Waals surface area contributed by atoms with Crippen LogP contribution in [0.15, 0.2) is 121 Å². The summed E-state index contributed by atoms with van der Waals surface area (Å²) < 4.78 is 50.0. The maximum absolute atomic E-state index is 15.2. The Balaban J connectivity index is 1.46. The number of aromatic nitrogens is 2. The fraction of sp³-hybridized carbons (Fsp3) is 0.120. The molecule has 0 saturated heterocycles. The SMILES string of the molecule is [C-]#[N+]c1ccc(-c2ccc(-c3c(C)c(C)c(C#N)c(C)c3C(F)(F)F)cc2-n2c3ccccc3c3ccc(C)cc32)c(-n2c3ccccc3c3ccc(C)cc32)c1. The second-order valence-electron chi connectivity index (χ2n) is 14.9. The van der Waals surface area contributed by atoms with Crippen molar-refractivity contribution < 1.29 is 13.2 Å². The molecule has 2 heterocycles. The van der Waals surface area contributed by atoms with Crippen LogP contribution in [-0.4, -0.2) is 9.13 Å². The molecule has 0 amide bonds. The van der Waals surface area contributed by atoms with Crippen LogP contribution in [0.3, 0.4) is 0 Å². The van der Waals surface area contributed by atoms with E-state index in [1.54, 1.807) is 26.0 Å². The van der Waals surface area contributed by atoms with Gasteiger partial charge in [-0.05, 0) is 110 Å². The van der Waals surface area contributed by atoms with Crippen molar-refractivity contribution in [3.63, 3.8) is 0 Å². The topological polar surface area (TPSA) is 38.0 Å². The fourth-order valence-corrected chi connectivity index (χ4v) is 8.82. The molecular weight excluding hydrogens is 714 g/mol. The molecule has 0 radical (unpaired) electrons. The van der Waals surface area contributed by atoms with Gasteiger partial charge in [0, 0.05) is 38.4 Å². The first kappa shape index (κ1) is 35.6. The van der Waals surface area contributed by atoms with E-state index in [0.29, 0.717) is 28.1 Å². The van der Waals surface area contributed by atoms with Crippen molar-refractivity contribution in [2.45, 2.75) is 40.8 Å². The van der Waals surface area contributed by atoms with Gasteiger partial charge in [0.05, 0.1) is 51.5 Å². The molecule has 9 rings (SSSR count). The minimum atomic E-state index is -4.72. The normalized spacial score (nSPS) is 11.8. The summed E-state index contributed by atoms with van der Waals surface area (Å²) in [5.41, 5.74) is 9.97. The molecule has 7 aromatic carbocycles. The Morgan fingerprint density at radius 1 is 0.561 bits per heavy atom. The largest absolute Gasteiger partial charge is 0.417 e. The van der Waals surface area contributed by atoms with Crippen molar-refractivity contribution in [2.24, 2.45) is 0 Å². The van der Waals surface area contributed by atoms with Crippen LogP contribution in [0.1, 0.15) is 38.9 Å². The molecule has 0 aliphatic heterocycles. The Hall–Kier alpha value is -7.09. The third kappa shape index (κ3) is 5.42. The number of nitrogens with zero attached hydrogens (tertiary/aromatic N) is 4. The number of alkyl halides is 3. The lowest BCUT2D eigenvalue weighted by Gasteiger charge is -2.24. The molecule has 0 aliphatic rings. The average molecular weight is 749 g/mol. The minimum Gasteiger partial charge on any atom is -0.310 e. The summed E-state index contributed by atoms with van der Waals surface area (Å²) >= 11 is 0. The number of para-hydroxylation sites is 2. The van der Waals surface area contributed by atoms with Gasteiger partial charge in [0.1, 0.15) is 0 Å². The molecule has 0 aliphatic carbocycles. The van der Waals surface area contributed by atoms with Crippen LogP contribution in [0.4, 0.5) is 18.9 Å². The predicted octanol–water partition coefficient (Wildman–Crippen LogP) is 14.2. The lowest BCUT2D eigenvalue weighted by atomic mass is 9.84. The Bertz CT molecular complexity index is 3250. The van der Waals surface area contributed by atoms with E-state index in [2.05, 4.69) is 75.5 Å². The average Bonchev–Trinajstić information content (AvgIpc) is 3.70. The van der Waals surface area contributed by atoms with Crippen LogP contribution in [0.25, 0.3) is 82.1 Å². The highest BCUT2D eigenvalue weighted by Crippen LogP contribution is 2.47. The zero-order valence-electron chi connectivity index (χ0n) is 32.0. The van der Waals surface area contributed by atoms with Crippen LogP contribution in [-0.2, 0) is 6.18 Å². The van der Waals surface area contributed by atoms with Crippen molar-refractivity contribution in [1.29, 1.82) is 5.26 Å². The van der Waals surface area contributed by atoms with Crippen molar-refractivity contribution in [3.8, 4) is 39.7 Å².